The molecule has 5 heteroatoms. The SMILES string of the molecule is O=C(CC1C(=O)NCCN1Cc1ccc2ccccc2c1)NC1CCCC1. The third-order valence-electron chi connectivity index (χ3n) is 5.74. The van der Waals surface area contributed by atoms with Crippen molar-refractivity contribution in [1.29, 1.82) is 0 Å². The van der Waals surface area contributed by atoms with Crippen molar-refractivity contribution in [2.24, 2.45) is 0 Å². The van der Waals surface area contributed by atoms with Gasteiger partial charge in [0.15, 0.2) is 0 Å². The molecule has 4 rings (SSSR count). The van der Waals surface area contributed by atoms with Crippen molar-refractivity contribution in [3.8, 4) is 0 Å². The number of carbonyl (C=O) groups excluding carboxylic acids is 2. The third-order valence-corrected chi connectivity index (χ3v) is 5.74. The van der Waals surface area contributed by atoms with Crippen LogP contribution in [0.5, 0.6) is 0 Å². The molecule has 0 radical (unpaired) electrons. The number of amides is 2. The van der Waals surface area contributed by atoms with E-state index in [2.05, 4.69) is 45.9 Å². The van der Waals surface area contributed by atoms with Gasteiger partial charge in [-0.15, -0.1) is 0 Å². The molecule has 1 heterocycles. The minimum Gasteiger partial charge on any atom is -0.353 e. The first kappa shape index (κ1) is 18.0. The topological polar surface area (TPSA) is 61.4 Å². The molecule has 0 bridgehead atoms. The highest BCUT2D eigenvalue weighted by Gasteiger charge is 2.32. The van der Waals surface area contributed by atoms with Crippen LogP contribution in [0.15, 0.2) is 42.5 Å². The Bertz CT molecular complexity index is 829. The van der Waals surface area contributed by atoms with Gasteiger partial charge in [0, 0.05) is 25.7 Å². The summed E-state index contributed by atoms with van der Waals surface area (Å²) in [6.07, 6.45) is 4.72. The van der Waals surface area contributed by atoms with Crippen LogP contribution in [0.2, 0.25) is 0 Å². The maximum absolute atomic E-state index is 12.5. The zero-order valence-corrected chi connectivity index (χ0v) is 15.6. The van der Waals surface area contributed by atoms with Crippen LogP contribution in [-0.4, -0.2) is 41.9 Å². The van der Waals surface area contributed by atoms with Crippen molar-refractivity contribution in [2.75, 3.05) is 13.1 Å². The van der Waals surface area contributed by atoms with Gasteiger partial charge in [-0.05, 0) is 35.2 Å². The summed E-state index contributed by atoms with van der Waals surface area (Å²) >= 11 is 0. The molecule has 2 amide bonds. The standard InChI is InChI=1S/C22H27N3O2/c26-21(24-19-7-3-4-8-19)14-20-22(27)23-11-12-25(20)15-16-9-10-17-5-1-2-6-18(17)13-16/h1-2,5-6,9-10,13,19-20H,3-4,7-8,11-12,14-15H2,(H,23,27)(H,24,26). The number of hydrogen-bond acceptors (Lipinski definition) is 3. The van der Waals surface area contributed by atoms with Gasteiger partial charge in [-0.1, -0.05) is 49.2 Å². The van der Waals surface area contributed by atoms with Crippen molar-refractivity contribution < 1.29 is 9.59 Å². The summed E-state index contributed by atoms with van der Waals surface area (Å²) in [5.74, 6) is -0.0453. The zero-order valence-electron chi connectivity index (χ0n) is 15.6. The first-order valence-corrected chi connectivity index (χ1v) is 9.98. The molecule has 1 saturated heterocycles. The summed E-state index contributed by atoms with van der Waals surface area (Å²) in [7, 11) is 0. The van der Waals surface area contributed by atoms with Gasteiger partial charge in [0.25, 0.3) is 0 Å². The first-order valence-electron chi connectivity index (χ1n) is 9.98. The number of hydrogen-bond donors (Lipinski definition) is 2. The molecule has 2 N–H and O–H groups in total. The molecule has 2 aromatic rings. The maximum atomic E-state index is 12.5. The van der Waals surface area contributed by atoms with Gasteiger partial charge in [0.05, 0.1) is 12.5 Å². The van der Waals surface area contributed by atoms with Crippen LogP contribution in [0, 0.1) is 0 Å². The van der Waals surface area contributed by atoms with E-state index in [9.17, 15) is 9.59 Å². The van der Waals surface area contributed by atoms with E-state index in [4.69, 9.17) is 0 Å². The quantitative estimate of drug-likeness (QED) is 0.856. The van der Waals surface area contributed by atoms with E-state index in [-0.39, 0.29) is 24.3 Å². The number of piperazine rings is 1. The number of fused-ring (bicyclic) bond motifs is 1. The van der Waals surface area contributed by atoms with Crippen molar-refractivity contribution in [3.05, 3.63) is 48.0 Å². The normalized spacial score (nSPS) is 21.3. The predicted molar refractivity (Wildman–Crippen MR) is 106 cm³/mol. The molecule has 1 unspecified atom stereocenters. The summed E-state index contributed by atoms with van der Waals surface area (Å²) in [4.78, 5) is 27.1. The molecule has 2 fully saturated rings. The Morgan fingerprint density at radius 1 is 1.11 bits per heavy atom. The molecule has 142 valence electrons. The maximum Gasteiger partial charge on any atom is 0.237 e. The molecule has 0 spiro atoms. The van der Waals surface area contributed by atoms with Crippen LogP contribution in [-0.2, 0) is 16.1 Å². The number of nitrogens with zero attached hydrogens (tertiary/aromatic N) is 1. The number of rotatable bonds is 5. The average Bonchev–Trinajstić information content (AvgIpc) is 3.17. The van der Waals surface area contributed by atoms with Crippen molar-refractivity contribution >= 4 is 22.6 Å². The van der Waals surface area contributed by atoms with E-state index in [1.807, 2.05) is 12.1 Å². The van der Waals surface area contributed by atoms with E-state index < -0.39 is 6.04 Å². The summed E-state index contributed by atoms with van der Waals surface area (Å²) in [5.41, 5.74) is 1.17. The highest BCUT2D eigenvalue weighted by molar-refractivity contribution is 5.89. The van der Waals surface area contributed by atoms with Crippen LogP contribution in [0.1, 0.15) is 37.7 Å². The summed E-state index contributed by atoms with van der Waals surface area (Å²) in [6.45, 7) is 2.08. The van der Waals surface area contributed by atoms with Crippen LogP contribution < -0.4 is 10.6 Å². The lowest BCUT2D eigenvalue weighted by molar-refractivity contribution is -0.134. The van der Waals surface area contributed by atoms with E-state index in [1.165, 1.54) is 29.2 Å². The molecule has 2 aromatic carbocycles. The molecule has 27 heavy (non-hydrogen) atoms. The third kappa shape index (κ3) is 4.30. The molecule has 5 nitrogen and oxygen atoms in total. The van der Waals surface area contributed by atoms with Gasteiger partial charge in [-0.2, -0.15) is 0 Å². The molecular weight excluding hydrogens is 338 g/mol. The Kier molecular flexibility index (Phi) is 5.39. The second-order valence-corrected chi connectivity index (χ2v) is 7.71. The van der Waals surface area contributed by atoms with E-state index >= 15 is 0 Å². The summed E-state index contributed by atoms with van der Waals surface area (Å²) in [5, 5.41) is 8.44. The van der Waals surface area contributed by atoms with Crippen molar-refractivity contribution in [2.45, 2.75) is 50.7 Å². The lowest BCUT2D eigenvalue weighted by Gasteiger charge is -2.35. The zero-order chi connectivity index (χ0) is 18.6. The minimum absolute atomic E-state index is 0.00698. The van der Waals surface area contributed by atoms with Gasteiger partial charge >= 0.3 is 0 Å². The molecule has 0 aromatic heterocycles. The van der Waals surface area contributed by atoms with Gasteiger partial charge in [-0.3, -0.25) is 14.5 Å². The predicted octanol–water partition coefficient (Wildman–Crippen LogP) is 2.59. The average molecular weight is 365 g/mol. The highest BCUT2D eigenvalue weighted by atomic mass is 16.2. The second kappa shape index (κ2) is 8.09. The molecule has 1 aliphatic carbocycles. The number of benzene rings is 2. The summed E-state index contributed by atoms with van der Waals surface area (Å²) in [6, 6.07) is 14.6. The smallest absolute Gasteiger partial charge is 0.237 e. The highest BCUT2D eigenvalue weighted by Crippen LogP contribution is 2.20. The van der Waals surface area contributed by atoms with E-state index in [0.717, 1.165) is 19.4 Å². The number of nitrogens with one attached hydrogen (secondary N) is 2. The lowest BCUT2D eigenvalue weighted by atomic mass is 10.0. The number of carbonyl (C=O) groups is 2. The Morgan fingerprint density at radius 3 is 2.70 bits per heavy atom. The first-order chi connectivity index (χ1) is 13.2. The Morgan fingerprint density at radius 2 is 1.89 bits per heavy atom. The molecular formula is C22H27N3O2. The fourth-order valence-electron chi connectivity index (χ4n) is 4.28. The molecule has 1 saturated carbocycles. The fraction of sp³-hybridized carbons (Fsp3) is 0.455. The van der Waals surface area contributed by atoms with Gasteiger partial charge < -0.3 is 10.6 Å². The van der Waals surface area contributed by atoms with Crippen LogP contribution in [0.3, 0.4) is 0 Å². The fourth-order valence-corrected chi connectivity index (χ4v) is 4.28. The van der Waals surface area contributed by atoms with Gasteiger partial charge in [0.2, 0.25) is 11.8 Å². The molecule has 1 atom stereocenters. The van der Waals surface area contributed by atoms with E-state index in [1.54, 1.807) is 0 Å². The Balaban J connectivity index is 1.45. The Labute approximate surface area is 160 Å². The lowest BCUT2D eigenvalue weighted by Crippen LogP contribution is -2.56. The largest absolute Gasteiger partial charge is 0.353 e. The molecule has 2 aliphatic rings. The summed E-state index contributed by atoms with van der Waals surface area (Å²) < 4.78 is 0. The van der Waals surface area contributed by atoms with Crippen LogP contribution in [0.25, 0.3) is 10.8 Å². The molecule has 1 aliphatic heterocycles. The minimum atomic E-state index is -0.397. The monoisotopic (exact) mass is 365 g/mol. The van der Waals surface area contributed by atoms with Crippen molar-refractivity contribution in [1.82, 2.24) is 15.5 Å². The van der Waals surface area contributed by atoms with Crippen LogP contribution in [0.4, 0.5) is 0 Å². The second-order valence-electron chi connectivity index (χ2n) is 7.71. The van der Waals surface area contributed by atoms with Crippen molar-refractivity contribution in [3.63, 3.8) is 0 Å². The van der Waals surface area contributed by atoms with Gasteiger partial charge in [0.1, 0.15) is 0 Å². The van der Waals surface area contributed by atoms with Gasteiger partial charge in [-0.25, -0.2) is 0 Å². The van der Waals surface area contributed by atoms with Crippen LogP contribution >= 0.6 is 0 Å². The Hall–Kier alpha value is -2.40. The van der Waals surface area contributed by atoms with E-state index in [0.29, 0.717) is 13.1 Å².